The van der Waals surface area contributed by atoms with Crippen LogP contribution in [0.15, 0.2) is 54.9 Å². The second kappa shape index (κ2) is 6.27. The van der Waals surface area contributed by atoms with Crippen LogP contribution >= 0.6 is 0 Å². The van der Waals surface area contributed by atoms with E-state index in [1.807, 2.05) is 35.5 Å². The molecule has 0 bridgehead atoms. The van der Waals surface area contributed by atoms with Crippen molar-refractivity contribution in [3.8, 4) is 0 Å². The summed E-state index contributed by atoms with van der Waals surface area (Å²) >= 11 is 0. The number of benzene rings is 1. The van der Waals surface area contributed by atoms with Gasteiger partial charge in [-0.2, -0.15) is 0 Å². The third-order valence-corrected chi connectivity index (χ3v) is 6.06. The molecule has 1 aromatic heterocycles. The fourth-order valence-electron chi connectivity index (χ4n) is 4.78. The van der Waals surface area contributed by atoms with Crippen molar-refractivity contribution in [3.63, 3.8) is 0 Å². The fourth-order valence-corrected chi connectivity index (χ4v) is 4.78. The van der Waals surface area contributed by atoms with Crippen molar-refractivity contribution in [2.75, 3.05) is 18.4 Å². The zero-order chi connectivity index (χ0) is 17.5. The summed E-state index contributed by atoms with van der Waals surface area (Å²) in [6.45, 7) is 1.75. The van der Waals surface area contributed by atoms with Crippen LogP contribution in [0, 0.1) is 5.92 Å². The molecule has 26 heavy (non-hydrogen) atoms. The van der Waals surface area contributed by atoms with E-state index >= 15 is 0 Å². The van der Waals surface area contributed by atoms with Gasteiger partial charge in [-0.1, -0.05) is 30.4 Å². The summed E-state index contributed by atoms with van der Waals surface area (Å²) in [7, 11) is 0. The summed E-state index contributed by atoms with van der Waals surface area (Å²) in [5.41, 5.74) is 4.29. The molecular formula is C22H23N3O. The number of aromatic nitrogens is 1. The average molecular weight is 345 g/mol. The molecule has 5 rings (SSSR count). The fraction of sp³-hybridized carbons (Fsp3) is 0.364. The minimum Gasteiger partial charge on any atom is -0.377 e. The van der Waals surface area contributed by atoms with Crippen LogP contribution in [0.2, 0.25) is 0 Å². The van der Waals surface area contributed by atoms with E-state index in [-0.39, 0.29) is 11.9 Å². The molecule has 2 aliphatic heterocycles. The zero-order valence-corrected chi connectivity index (χ0v) is 14.8. The molecular weight excluding hydrogens is 322 g/mol. The minimum atomic E-state index is 0.164. The molecule has 1 amide bonds. The first-order chi connectivity index (χ1) is 12.8. The number of fused-ring (bicyclic) bond motifs is 3. The van der Waals surface area contributed by atoms with Crippen LogP contribution in [0.3, 0.4) is 0 Å². The maximum Gasteiger partial charge on any atom is 0.255 e. The number of para-hydroxylation sites is 1. The van der Waals surface area contributed by atoms with Crippen molar-refractivity contribution in [1.82, 2.24) is 9.88 Å². The van der Waals surface area contributed by atoms with Gasteiger partial charge in [0.05, 0.1) is 17.3 Å². The monoisotopic (exact) mass is 345 g/mol. The number of pyridine rings is 1. The Bertz CT molecular complexity index is 855. The number of amides is 1. The Morgan fingerprint density at radius 3 is 2.85 bits per heavy atom. The van der Waals surface area contributed by atoms with Crippen LogP contribution in [-0.4, -0.2) is 28.9 Å². The Balaban J connectivity index is 1.58. The highest BCUT2D eigenvalue weighted by molar-refractivity contribution is 6.01. The lowest BCUT2D eigenvalue weighted by molar-refractivity contribution is 0.0793. The van der Waals surface area contributed by atoms with Gasteiger partial charge in [-0.25, -0.2) is 0 Å². The van der Waals surface area contributed by atoms with Gasteiger partial charge in [0, 0.05) is 31.4 Å². The SMILES string of the molecule is O=C(c1cccc2c1NC(c1cccnc1)C1CC=CC21)N1CCCC1. The molecule has 1 aromatic carbocycles. The number of carbonyl (C=O) groups excluding carboxylic acids is 1. The number of hydrogen-bond donors (Lipinski definition) is 1. The van der Waals surface area contributed by atoms with Gasteiger partial charge in [-0.3, -0.25) is 9.78 Å². The highest BCUT2D eigenvalue weighted by Gasteiger charge is 2.39. The number of anilines is 1. The maximum atomic E-state index is 13.1. The van der Waals surface area contributed by atoms with E-state index in [4.69, 9.17) is 0 Å². The van der Waals surface area contributed by atoms with Gasteiger partial charge in [0.2, 0.25) is 0 Å². The van der Waals surface area contributed by atoms with Crippen molar-refractivity contribution in [2.45, 2.75) is 31.2 Å². The van der Waals surface area contributed by atoms with Crippen LogP contribution in [0.4, 0.5) is 5.69 Å². The number of nitrogens with one attached hydrogen (secondary N) is 1. The molecule has 1 fully saturated rings. The summed E-state index contributed by atoms with van der Waals surface area (Å²) in [5.74, 6) is 1.00. The Labute approximate surface area is 153 Å². The number of allylic oxidation sites excluding steroid dienone is 2. The molecule has 2 aromatic rings. The first-order valence-electron chi connectivity index (χ1n) is 9.58. The van der Waals surface area contributed by atoms with E-state index < -0.39 is 0 Å². The second-order valence-corrected chi connectivity index (χ2v) is 7.53. The quantitative estimate of drug-likeness (QED) is 0.832. The summed E-state index contributed by atoms with van der Waals surface area (Å²) in [5, 5.41) is 3.73. The molecule has 0 saturated carbocycles. The molecule has 3 aliphatic rings. The van der Waals surface area contributed by atoms with Gasteiger partial charge in [0.15, 0.2) is 0 Å². The maximum absolute atomic E-state index is 13.1. The van der Waals surface area contributed by atoms with Crippen molar-refractivity contribution in [3.05, 3.63) is 71.6 Å². The lowest BCUT2D eigenvalue weighted by atomic mass is 9.76. The average Bonchev–Trinajstić information content (AvgIpc) is 3.39. The lowest BCUT2D eigenvalue weighted by Gasteiger charge is -2.38. The third-order valence-electron chi connectivity index (χ3n) is 6.06. The number of hydrogen-bond acceptors (Lipinski definition) is 3. The van der Waals surface area contributed by atoms with Crippen molar-refractivity contribution in [2.24, 2.45) is 5.92 Å². The van der Waals surface area contributed by atoms with Gasteiger partial charge < -0.3 is 10.2 Å². The van der Waals surface area contributed by atoms with Crippen LogP contribution in [-0.2, 0) is 0 Å². The molecule has 3 heterocycles. The first kappa shape index (κ1) is 15.6. The summed E-state index contributed by atoms with van der Waals surface area (Å²) in [6.07, 6.45) is 11.6. The molecule has 3 atom stereocenters. The topological polar surface area (TPSA) is 45.2 Å². The van der Waals surface area contributed by atoms with E-state index in [2.05, 4.69) is 34.6 Å². The van der Waals surface area contributed by atoms with Crippen LogP contribution in [0.5, 0.6) is 0 Å². The summed E-state index contributed by atoms with van der Waals surface area (Å²) in [6, 6.07) is 10.5. The minimum absolute atomic E-state index is 0.164. The Hall–Kier alpha value is -2.62. The van der Waals surface area contributed by atoms with Crippen LogP contribution < -0.4 is 5.32 Å². The number of carbonyl (C=O) groups is 1. The number of likely N-dealkylation sites (tertiary alicyclic amines) is 1. The van der Waals surface area contributed by atoms with Crippen LogP contribution in [0.1, 0.15) is 52.7 Å². The standard InChI is InChI=1S/C22H23N3O/c26-22(25-12-1-2-13-25)19-10-4-9-18-16-7-3-8-17(16)20(24-21(18)19)15-6-5-11-23-14-15/h3-7,9-11,14,16-17,20,24H,1-2,8,12-13H2. The predicted molar refractivity (Wildman–Crippen MR) is 102 cm³/mol. The normalized spacial score (nSPS) is 26.3. The van der Waals surface area contributed by atoms with E-state index in [9.17, 15) is 4.79 Å². The molecule has 4 nitrogen and oxygen atoms in total. The molecule has 0 radical (unpaired) electrons. The van der Waals surface area contributed by atoms with Crippen molar-refractivity contribution >= 4 is 11.6 Å². The molecule has 1 saturated heterocycles. The highest BCUT2D eigenvalue weighted by Crippen LogP contribution is 2.50. The third kappa shape index (κ3) is 2.44. The van der Waals surface area contributed by atoms with E-state index in [1.54, 1.807) is 0 Å². The van der Waals surface area contributed by atoms with Gasteiger partial charge >= 0.3 is 0 Å². The van der Waals surface area contributed by atoms with Crippen molar-refractivity contribution in [1.29, 1.82) is 0 Å². The first-order valence-corrected chi connectivity index (χ1v) is 9.58. The second-order valence-electron chi connectivity index (χ2n) is 7.53. The Morgan fingerprint density at radius 1 is 1.15 bits per heavy atom. The molecule has 0 spiro atoms. The van der Waals surface area contributed by atoms with Gasteiger partial charge in [-0.15, -0.1) is 0 Å². The van der Waals surface area contributed by atoms with E-state index in [1.165, 1.54) is 11.1 Å². The lowest BCUT2D eigenvalue weighted by Crippen LogP contribution is -2.33. The largest absolute Gasteiger partial charge is 0.377 e. The Kier molecular flexibility index (Phi) is 3.77. The zero-order valence-electron chi connectivity index (χ0n) is 14.8. The number of rotatable bonds is 2. The van der Waals surface area contributed by atoms with E-state index in [0.29, 0.717) is 11.8 Å². The Morgan fingerprint density at radius 2 is 2.04 bits per heavy atom. The number of nitrogens with zero attached hydrogens (tertiary/aromatic N) is 2. The summed E-state index contributed by atoms with van der Waals surface area (Å²) in [4.78, 5) is 19.4. The predicted octanol–water partition coefficient (Wildman–Crippen LogP) is 4.14. The molecule has 3 unspecified atom stereocenters. The van der Waals surface area contributed by atoms with Crippen molar-refractivity contribution < 1.29 is 4.79 Å². The molecule has 132 valence electrons. The molecule has 1 N–H and O–H groups in total. The van der Waals surface area contributed by atoms with Gasteiger partial charge in [-0.05, 0) is 48.4 Å². The van der Waals surface area contributed by atoms with E-state index in [0.717, 1.165) is 43.6 Å². The van der Waals surface area contributed by atoms with Crippen LogP contribution in [0.25, 0.3) is 0 Å². The molecule has 4 heteroatoms. The highest BCUT2D eigenvalue weighted by atomic mass is 16.2. The smallest absolute Gasteiger partial charge is 0.255 e. The summed E-state index contributed by atoms with van der Waals surface area (Å²) < 4.78 is 0. The van der Waals surface area contributed by atoms with Gasteiger partial charge in [0.1, 0.15) is 0 Å². The van der Waals surface area contributed by atoms with Gasteiger partial charge in [0.25, 0.3) is 5.91 Å². The molecule has 1 aliphatic carbocycles.